The first-order valence-electron chi connectivity index (χ1n) is 7.94. The van der Waals surface area contributed by atoms with Crippen molar-refractivity contribution in [3.05, 3.63) is 12.2 Å². The summed E-state index contributed by atoms with van der Waals surface area (Å²) in [6.07, 6.45) is 2.00. The molecule has 0 aromatic rings. The third-order valence-electron chi connectivity index (χ3n) is 4.54. The molecular weight excluding hydrogens is 284 g/mol. The maximum absolute atomic E-state index is 12.2. The maximum Gasteiger partial charge on any atom is 0.311 e. The van der Waals surface area contributed by atoms with Gasteiger partial charge in [0.15, 0.2) is 5.78 Å². The Morgan fingerprint density at radius 1 is 1.32 bits per heavy atom. The van der Waals surface area contributed by atoms with Crippen molar-refractivity contribution >= 4 is 11.8 Å². The Hall–Kier alpha value is -1.20. The molecule has 6 atom stereocenters. The van der Waals surface area contributed by atoms with E-state index in [1.54, 1.807) is 20.8 Å². The van der Waals surface area contributed by atoms with Gasteiger partial charge in [0.25, 0.3) is 0 Å². The van der Waals surface area contributed by atoms with Crippen molar-refractivity contribution in [2.45, 2.75) is 65.3 Å². The molecule has 5 heteroatoms. The highest BCUT2D eigenvalue weighted by Gasteiger charge is 2.36. The van der Waals surface area contributed by atoms with Crippen LogP contribution in [0.15, 0.2) is 12.2 Å². The van der Waals surface area contributed by atoms with E-state index in [2.05, 4.69) is 0 Å². The standard InChI is InChI=1S/C17H28O5/c1-6-14-17(5,21)8-7-13(18)10(2)9-11(3)15(19)12(4)16(20)22-14/h7-8,10-12,14-15,19,21H,6,9H2,1-5H3/b8-7+/t10-,11+,12-,14-,15+,17+/m1/s1. The predicted octanol–water partition coefficient (Wildman–Crippen LogP) is 1.86. The Kier molecular flexibility index (Phi) is 6.32. The minimum Gasteiger partial charge on any atom is -0.459 e. The second-order valence-electron chi connectivity index (χ2n) is 6.69. The van der Waals surface area contributed by atoms with Crippen molar-refractivity contribution in [1.82, 2.24) is 0 Å². The molecule has 0 saturated carbocycles. The minimum absolute atomic E-state index is 0.103. The van der Waals surface area contributed by atoms with Crippen LogP contribution in [0.25, 0.3) is 0 Å². The van der Waals surface area contributed by atoms with Crippen molar-refractivity contribution in [2.75, 3.05) is 0 Å². The van der Waals surface area contributed by atoms with Crippen LogP contribution in [0.5, 0.6) is 0 Å². The summed E-state index contributed by atoms with van der Waals surface area (Å²) >= 11 is 0. The number of carbonyl (C=O) groups excluding carboxylic acids is 2. The molecule has 0 unspecified atom stereocenters. The fraction of sp³-hybridized carbons (Fsp3) is 0.765. The average molecular weight is 312 g/mol. The van der Waals surface area contributed by atoms with Gasteiger partial charge in [0.05, 0.1) is 12.0 Å². The smallest absolute Gasteiger partial charge is 0.311 e. The average Bonchev–Trinajstić information content (AvgIpc) is 2.47. The molecule has 0 aromatic carbocycles. The zero-order valence-corrected chi connectivity index (χ0v) is 14.1. The zero-order chi connectivity index (χ0) is 17.1. The molecule has 22 heavy (non-hydrogen) atoms. The van der Waals surface area contributed by atoms with Crippen LogP contribution in [0.1, 0.15) is 47.5 Å². The highest BCUT2D eigenvalue weighted by molar-refractivity contribution is 5.91. The Morgan fingerprint density at radius 2 is 1.91 bits per heavy atom. The van der Waals surface area contributed by atoms with E-state index in [-0.39, 0.29) is 17.6 Å². The number of hydrogen-bond acceptors (Lipinski definition) is 5. The lowest BCUT2D eigenvalue weighted by atomic mass is 9.84. The number of hydrogen-bond donors (Lipinski definition) is 2. The summed E-state index contributed by atoms with van der Waals surface area (Å²) in [5.41, 5.74) is -1.42. The van der Waals surface area contributed by atoms with Crippen LogP contribution in [0.4, 0.5) is 0 Å². The summed E-state index contributed by atoms with van der Waals surface area (Å²) in [4.78, 5) is 24.3. The lowest BCUT2D eigenvalue weighted by molar-refractivity contribution is -0.169. The molecule has 1 heterocycles. The van der Waals surface area contributed by atoms with E-state index in [0.717, 1.165) is 0 Å². The van der Waals surface area contributed by atoms with Gasteiger partial charge in [-0.05, 0) is 44.8 Å². The van der Waals surface area contributed by atoms with Crippen LogP contribution in [0, 0.1) is 17.8 Å². The van der Waals surface area contributed by atoms with Crippen LogP contribution >= 0.6 is 0 Å². The van der Waals surface area contributed by atoms with Crippen LogP contribution in [-0.2, 0) is 14.3 Å². The van der Waals surface area contributed by atoms with E-state index in [1.807, 2.05) is 6.92 Å². The first-order valence-corrected chi connectivity index (χ1v) is 7.94. The molecule has 1 rings (SSSR count). The Balaban J connectivity index is 3.16. The first kappa shape index (κ1) is 18.8. The summed E-state index contributed by atoms with van der Waals surface area (Å²) < 4.78 is 5.37. The normalized spacial score (nSPS) is 43.0. The van der Waals surface area contributed by atoms with Crippen molar-refractivity contribution < 1.29 is 24.5 Å². The molecule has 5 nitrogen and oxygen atoms in total. The Labute approximate surface area is 132 Å². The van der Waals surface area contributed by atoms with Gasteiger partial charge in [-0.25, -0.2) is 0 Å². The molecule has 1 aliphatic rings. The number of cyclic esters (lactones) is 1. The first-order chi connectivity index (χ1) is 10.1. The molecule has 0 saturated heterocycles. The van der Waals surface area contributed by atoms with Crippen molar-refractivity contribution in [3.8, 4) is 0 Å². The zero-order valence-electron chi connectivity index (χ0n) is 14.1. The third-order valence-corrected chi connectivity index (χ3v) is 4.54. The predicted molar refractivity (Wildman–Crippen MR) is 83.1 cm³/mol. The maximum atomic E-state index is 12.2. The molecule has 0 bridgehead atoms. The number of esters is 1. The summed E-state index contributed by atoms with van der Waals surface area (Å²) in [7, 11) is 0. The SMILES string of the molecule is CC[C@H]1OC(=O)[C@H](C)[C@@H](O)[C@@H](C)C[C@@H](C)C(=O)/C=C/[C@]1(C)O. The molecule has 0 spiro atoms. The molecule has 0 aliphatic carbocycles. The van der Waals surface area contributed by atoms with Gasteiger partial charge < -0.3 is 14.9 Å². The highest BCUT2D eigenvalue weighted by atomic mass is 16.6. The third kappa shape index (κ3) is 4.40. The van der Waals surface area contributed by atoms with Crippen LogP contribution in [-0.4, -0.2) is 39.8 Å². The van der Waals surface area contributed by atoms with Crippen molar-refractivity contribution in [2.24, 2.45) is 17.8 Å². The van der Waals surface area contributed by atoms with Gasteiger partial charge in [-0.1, -0.05) is 20.8 Å². The number of ketones is 1. The highest BCUT2D eigenvalue weighted by Crippen LogP contribution is 2.26. The number of aliphatic hydroxyl groups excluding tert-OH is 1. The van der Waals surface area contributed by atoms with Crippen molar-refractivity contribution in [3.63, 3.8) is 0 Å². The molecule has 0 radical (unpaired) electrons. The molecular formula is C17H28O5. The van der Waals surface area contributed by atoms with Crippen LogP contribution < -0.4 is 0 Å². The lowest BCUT2D eigenvalue weighted by Gasteiger charge is -2.32. The topological polar surface area (TPSA) is 83.8 Å². The summed E-state index contributed by atoms with van der Waals surface area (Å²) in [6.45, 7) is 8.52. The number of ether oxygens (including phenoxy) is 1. The number of rotatable bonds is 1. The second-order valence-corrected chi connectivity index (χ2v) is 6.69. The molecule has 0 amide bonds. The number of allylic oxidation sites excluding steroid dienone is 1. The monoisotopic (exact) mass is 312 g/mol. The van der Waals surface area contributed by atoms with Gasteiger partial charge in [-0.15, -0.1) is 0 Å². The van der Waals surface area contributed by atoms with Gasteiger partial charge in [0.2, 0.25) is 0 Å². The summed E-state index contributed by atoms with van der Waals surface area (Å²) in [5, 5.41) is 20.8. The molecule has 0 aromatic heterocycles. The fourth-order valence-electron chi connectivity index (χ4n) is 2.83. The molecule has 1 aliphatic heterocycles. The Bertz CT molecular complexity index is 440. The van der Waals surface area contributed by atoms with E-state index in [4.69, 9.17) is 4.74 Å². The van der Waals surface area contributed by atoms with Crippen LogP contribution in [0.3, 0.4) is 0 Å². The number of carbonyl (C=O) groups is 2. The van der Waals surface area contributed by atoms with Gasteiger partial charge >= 0.3 is 5.97 Å². The molecule has 0 fully saturated rings. The van der Waals surface area contributed by atoms with Gasteiger partial charge in [-0.2, -0.15) is 0 Å². The van der Waals surface area contributed by atoms with Gasteiger partial charge in [0.1, 0.15) is 11.7 Å². The summed E-state index contributed by atoms with van der Waals surface area (Å²) in [5.74, 6) is -1.81. The quantitative estimate of drug-likeness (QED) is 0.722. The second kappa shape index (κ2) is 7.38. The van der Waals surface area contributed by atoms with Gasteiger partial charge in [0, 0.05) is 5.92 Å². The van der Waals surface area contributed by atoms with E-state index >= 15 is 0 Å². The number of aliphatic hydroxyl groups is 2. The van der Waals surface area contributed by atoms with Crippen LogP contribution in [0.2, 0.25) is 0 Å². The van der Waals surface area contributed by atoms with Gasteiger partial charge in [-0.3, -0.25) is 9.59 Å². The summed E-state index contributed by atoms with van der Waals surface area (Å²) in [6, 6.07) is 0. The minimum atomic E-state index is -1.42. The lowest BCUT2D eigenvalue weighted by Crippen LogP contribution is -2.44. The molecule has 126 valence electrons. The fourth-order valence-corrected chi connectivity index (χ4v) is 2.83. The molecule has 2 N–H and O–H groups in total. The van der Waals surface area contributed by atoms with E-state index < -0.39 is 29.7 Å². The van der Waals surface area contributed by atoms with E-state index in [0.29, 0.717) is 12.8 Å². The largest absolute Gasteiger partial charge is 0.459 e. The van der Waals surface area contributed by atoms with E-state index in [9.17, 15) is 19.8 Å². The Morgan fingerprint density at radius 3 is 2.45 bits per heavy atom. The van der Waals surface area contributed by atoms with Crippen molar-refractivity contribution in [1.29, 1.82) is 0 Å². The van der Waals surface area contributed by atoms with E-state index in [1.165, 1.54) is 19.1 Å².